The highest BCUT2D eigenvalue weighted by molar-refractivity contribution is 5.85. The highest BCUT2D eigenvalue weighted by atomic mass is 19.1. The molecule has 2 bridgehead atoms. The van der Waals surface area contributed by atoms with Crippen LogP contribution in [0.5, 0.6) is 0 Å². The van der Waals surface area contributed by atoms with E-state index in [4.69, 9.17) is 0 Å². The minimum absolute atomic E-state index is 0.145. The lowest BCUT2D eigenvalue weighted by Crippen LogP contribution is -2.71. The van der Waals surface area contributed by atoms with Crippen molar-refractivity contribution in [2.24, 2.45) is 5.92 Å². The monoisotopic (exact) mass is 430 g/mol. The van der Waals surface area contributed by atoms with Crippen molar-refractivity contribution >= 4 is 16.6 Å². The second-order valence-corrected chi connectivity index (χ2v) is 10.7. The average molecular weight is 431 g/mol. The molecule has 3 heterocycles. The SMILES string of the molecule is C[C@@H]1Cc2c([nH]c3ccccc23)[C@@H](c2ccc(N[C@@H]3CNC[C@H]3F)cc2)N1C12CC(C1)C2. The summed E-state index contributed by atoms with van der Waals surface area (Å²) in [7, 11) is 0. The Morgan fingerprint density at radius 1 is 1.03 bits per heavy atom. The van der Waals surface area contributed by atoms with Crippen molar-refractivity contribution in [1.29, 1.82) is 0 Å². The Morgan fingerprint density at radius 2 is 1.81 bits per heavy atom. The van der Waals surface area contributed by atoms with E-state index in [2.05, 4.69) is 76.0 Å². The third-order valence-electron chi connectivity index (χ3n) is 8.64. The van der Waals surface area contributed by atoms with Gasteiger partial charge in [-0.2, -0.15) is 0 Å². The Kier molecular flexibility index (Phi) is 4.07. The number of fused-ring (bicyclic) bond motifs is 3. The minimum atomic E-state index is -0.831. The van der Waals surface area contributed by atoms with Gasteiger partial charge in [0.2, 0.25) is 0 Å². The molecule has 1 aromatic heterocycles. The summed E-state index contributed by atoms with van der Waals surface area (Å²) in [5.41, 5.74) is 6.83. The molecule has 5 aliphatic rings. The Hall–Kier alpha value is -2.37. The molecule has 4 fully saturated rings. The number of para-hydroxylation sites is 1. The number of benzene rings is 2. The molecule has 5 heteroatoms. The van der Waals surface area contributed by atoms with E-state index in [9.17, 15) is 4.39 Å². The summed E-state index contributed by atoms with van der Waals surface area (Å²) in [5, 5.41) is 7.88. The first kappa shape index (κ1) is 19.1. The van der Waals surface area contributed by atoms with Gasteiger partial charge in [0, 0.05) is 47.0 Å². The molecule has 0 unspecified atom stereocenters. The van der Waals surface area contributed by atoms with Crippen molar-refractivity contribution in [1.82, 2.24) is 15.2 Å². The third-order valence-corrected chi connectivity index (χ3v) is 8.64. The zero-order valence-electron chi connectivity index (χ0n) is 18.6. The smallest absolute Gasteiger partial charge is 0.134 e. The largest absolute Gasteiger partial charge is 0.378 e. The number of hydrogen-bond donors (Lipinski definition) is 3. The Morgan fingerprint density at radius 3 is 2.50 bits per heavy atom. The second-order valence-electron chi connectivity index (χ2n) is 10.7. The van der Waals surface area contributed by atoms with Crippen molar-refractivity contribution < 1.29 is 4.39 Å². The van der Waals surface area contributed by atoms with Crippen LogP contribution in [0.4, 0.5) is 10.1 Å². The van der Waals surface area contributed by atoms with Crippen LogP contribution in [-0.4, -0.2) is 46.8 Å². The van der Waals surface area contributed by atoms with Crippen molar-refractivity contribution in [2.75, 3.05) is 18.4 Å². The molecule has 4 nitrogen and oxygen atoms in total. The highest BCUT2D eigenvalue weighted by Gasteiger charge is 2.63. The normalized spacial score (nSPS) is 35.9. The molecule has 32 heavy (non-hydrogen) atoms. The van der Waals surface area contributed by atoms with E-state index in [-0.39, 0.29) is 12.1 Å². The van der Waals surface area contributed by atoms with Crippen LogP contribution in [-0.2, 0) is 6.42 Å². The van der Waals surface area contributed by atoms with E-state index in [1.165, 1.54) is 47.0 Å². The predicted molar refractivity (Wildman–Crippen MR) is 127 cm³/mol. The zero-order valence-corrected chi connectivity index (χ0v) is 18.6. The van der Waals surface area contributed by atoms with Crippen molar-refractivity contribution in [3.8, 4) is 0 Å². The number of aromatic nitrogens is 1. The summed E-state index contributed by atoms with van der Waals surface area (Å²) in [4.78, 5) is 6.66. The Labute approximate surface area is 188 Å². The summed E-state index contributed by atoms with van der Waals surface area (Å²) in [5.74, 6) is 0.951. The van der Waals surface area contributed by atoms with Gasteiger partial charge in [0.05, 0.1) is 12.1 Å². The second kappa shape index (κ2) is 6.82. The van der Waals surface area contributed by atoms with Gasteiger partial charge in [0.15, 0.2) is 0 Å². The van der Waals surface area contributed by atoms with Crippen LogP contribution in [0.2, 0.25) is 0 Å². The van der Waals surface area contributed by atoms with Gasteiger partial charge in [-0.25, -0.2) is 4.39 Å². The summed E-state index contributed by atoms with van der Waals surface area (Å²) >= 11 is 0. The van der Waals surface area contributed by atoms with E-state index in [0.717, 1.165) is 18.0 Å². The quantitative estimate of drug-likeness (QED) is 0.558. The maximum absolute atomic E-state index is 14.1. The lowest BCUT2D eigenvalue weighted by atomic mass is 9.48. The summed E-state index contributed by atoms with van der Waals surface area (Å²) in [6.45, 7) is 3.54. The fourth-order valence-electron chi connectivity index (χ4n) is 7.04. The molecule has 3 saturated carbocycles. The Balaban J connectivity index is 1.29. The number of halogens is 1. The summed E-state index contributed by atoms with van der Waals surface area (Å²) in [6.07, 6.45) is 4.34. The van der Waals surface area contributed by atoms with E-state index < -0.39 is 6.17 Å². The van der Waals surface area contributed by atoms with Crippen LogP contribution in [0.25, 0.3) is 10.9 Å². The molecule has 0 spiro atoms. The highest BCUT2D eigenvalue weighted by Crippen LogP contribution is 2.64. The van der Waals surface area contributed by atoms with E-state index in [1.54, 1.807) is 0 Å². The van der Waals surface area contributed by atoms with Crippen LogP contribution in [0.15, 0.2) is 48.5 Å². The molecule has 3 aromatic rings. The summed E-state index contributed by atoms with van der Waals surface area (Å²) in [6, 6.07) is 18.2. The summed E-state index contributed by atoms with van der Waals surface area (Å²) < 4.78 is 14.1. The van der Waals surface area contributed by atoms with Crippen LogP contribution in [0.1, 0.15) is 49.0 Å². The van der Waals surface area contributed by atoms with Gasteiger partial charge >= 0.3 is 0 Å². The molecule has 4 atom stereocenters. The number of H-pyrrole nitrogens is 1. The van der Waals surface area contributed by atoms with Gasteiger partial charge in [-0.3, -0.25) is 4.90 Å². The van der Waals surface area contributed by atoms with Gasteiger partial charge < -0.3 is 15.6 Å². The minimum Gasteiger partial charge on any atom is -0.378 e. The molecule has 2 aliphatic heterocycles. The van der Waals surface area contributed by atoms with Crippen molar-refractivity contribution in [3.63, 3.8) is 0 Å². The fraction of sp³-hybridized carbons (Fsp3) is 0.481. The Bertz CT molecular complexity index is 1150. The van der Waals surface area contributed by atoms with Gasteiger partial charge in [0.1, 0.15) is 6.17 Å². The first-order chi connectivity index (χ1) is 15.6. The van der Waals surface area contributed by atoms with E-state index >= 15 is 0 Å². The molecule has 3 aliphatic carbocycles. The lowest BCUT2D eigenvalue weighted by molar-refractivity contribution is -0.174. The number of hydrogen-bond acceptors (Lipinski definition) is 3. The first-order valence-electron chi connectivity index (χ1n) is 12.2. The zero-order chi connectivity index (χ0) is 21.4. The predicted octanol–water partition coefficient (Wildman–Crippen LogP) is 4.78. The van der Waals surface area contributed by atoms with Crippen LogP contribution in [0.3, 0.4) is 0 Å². The maximum Gasteiger partial charge on any atom is 0.134 e. The van der Waals surface area contributed by atoms with Gasteiger partial charge in [-0.15, -0.1) is 0 Å². The lowest BCUT2D eigenvalue weighted by Gasteiger charge is -2.70. The molecule has 0 radical (unpaired) electrons. The van der Waals surface area contributed by atoms with Crippen LogP contribution in [0, 0.1) is 5.92 Å². The molecular weight excluding hydrogens is 399 g/mol. The van der Waals surface area contributed by atoms with Gasteiger partial charge in [-0.1, -0.05) is 30.3 Å². The molecule has 2 aromatic carbocycles. The van der Waals surface area contributed by atoms with Crippen molar-refractivity contribution in [3.05, 3.63) is 65.4 Å². The molecule has 166 valence electrons. The molecular formula is C27H31FN4. The third kappa shape index (κ3) is 2.67. The fourth-order valence-corrected chi connectivity index (χ4v) is 7.04. The van der Waals surface area contributed by atoms with E-state index in [0.29, 0.717) is 24.7 Å². The van der Waals surface area contributed by atoms with Crippen LogP contribution >= 0.6 is 0 Å². The number of nitrogens with one attached hydrogen (secondary N) is 3. The number of alkyl halides is 1. The standard InChI is InChI=1S/C27H31FN4/c1-16-10-21-20-4-2-3-5-23(20)31-25(21)26(32(16)27-11-17(12-27)13-27)18-6-8-19(9-7-18)30-24-15-29-14-22(24)28/h2-9,16-17,22,24,26,29-31H,10-15H2,1H3/t16-,17?,22-,24-,26-,27?/m1/s1. The molecule has 3 N–H and O–H groups in total. The first-order valence-corrected chi connectivity index (χ1v) is 12.2. The van der Waals surface area contributed by atoms with E-state index in [1.807, 2.05) is 0 Å². The number of anilines is 1. The molecule has 0 amide bonds. The topological polar surface area (TPSA) is 43.1 Å². The number of nitrogens with zero attached hydrogens (tertiary/aromatic N) is 1. The number of rotatable bonds is 4. The molecule has 8 rings (SSSR count). The molecule has 1 saturated heterocycles. The number of aromatic amines is 1. The maximum atomic E-state index is 14.1. The average Bonchev–Trinajstić information content (AvgIpc) is 3.30. The van der Waals surface area contributed by atoms with Crippen molar-refractivity contribution in [2.45, 2.75) is 62.4 Å². The van der Waals surface area contributed by atoms with Gasteiger partial charge in [-0.05, 0) is 67.9 Å². The van der Waals surface area contributed by atoms with Gasteiger partial charge in [0.25, 0.3) is 0 Å². The van der Waals surface area contributed by atoms with Crippen LogP contribution < -0.4 is 10.6 Å².